The van der Waals surface area contributed by atoms with Gasteiger partial charge in [-0.15, -0.1) is 0 Å². The number of hydrogen-bond acceptors (Lipinski definition) is 3. The summed E-state index contributed by atoms with van der Waals surface area (Å²) in [5.41, 5.74) is 0.856. The summed E-state index contributed by atoms with van der Waals surface area (Å²) >= 11 is 0. The van der Waals surface area contributed by atoms with Crippen LogP contribution in [-0.2, 0) is 0 Å². The number of aromatic carboxylic acids is 1. The first-order valence-electron chi connectivity index (χ1n) is 4.90. The highest BCUT2D eigenvalue weighted by molar-refractivity contribution is 5.85. The number of nitrogens with zero attached hydrogens (tertiary/aromatic N) is 3. The predicted octanol–water partition coefficient (Wildman–Crippen LogP) is 1.55. The van der Waals surface area contributed by atoms with Crippen LogP contribution in [0.15, 0.2) is 18.7 Å². The number of H-pyrrole nitrogens is 1. The molecule has 6 nitrogen and oxygen atoms in total. The van der Waals surface area contributed by atoms with E-state index in [1.807, 2.05) is 18.4 Å². The Hall–Kier alpha value is -2.11. The van der Waals surface area contributed by atoms with Gasteiger partial charge in [0.1, 0.15) is 11.4 Å². The lowest BCUT2D eigenvalue weighted by molar-refractivity contribution is 0.0691. The van der Waals surface area contributed by atoms with E-state index < -0.39 is 5.97 Å². The van der Waals surface area contributed by atoms with Gasteiger partial charge in [0.15, 0.2) is 5.82 Å². The monoisotopic (exact) mass is 220 g/mol. The molecular weight excluding hydrogens is 208 g/mol. The summed E-state index contributed by atoms with van der Waals surface area (Å²) in [5, 5.41) is 8.78. The molecule has 0 aliphatic carbocycles. The normalized spacial score (nSPS) is 10.9. The molecule has 0 atom stereocenters. The van der Waals surface area contributed by atoms with Crippen molar-refractivity contribution in [2.75, 3.05) is 0 Å². The van der Waals surface area contributed by atoms with Crippen LogP contribution in [0.25, 0.3) is 11.5 Å². The number of carbonyl (C=O) groups is 1. The fourth-order valence-corrected chi connectivity index (χ4v) is 1.46. The van der Waals surface area contributed by atoms with Gasteiger partial charge in [-0.25, -0.2) is 14.8 Å². The SMILES string of the molecule is CC(C)n1cncc1-c1ncc(C(=O)O)[nH]1. The van der Waals surface area contributed by atoms with Gasteiger partial charge in [-0.1, -0.05) is 0 Å². The first-order valence-corrected chi connectivity index (χ1v) is 4.90. The van der Waals surface area contributed by atoms with Crippen LogP contribution in [0.4, 0.5) is 0 Å². The Morgan fingerprint density at radius 1 is 1.50 bits per heavy atom. The van der Waals surface area contributed by atoms with Crippen LogP contribution in [0.5, 0.6) is 0 Å². The number of imidazole rings is 2. The van der Waals surface area contributed by atoms with E-state index in [1.54, 1.807) is 12.5 Å². The zero-order chi connectivity index (χ0) is 11.7. The minimum Gasteiger partial charge on any atom is -0.477 e. The fourth-order valence-electron chi connectivity index (χ4n) is 1.46. The van der Waals surface area contributed by atoms with Crippen molar-refractivity contribution < 1.29 is 9.90 Å². The van der Waals surface area contributed by atoms with E-state index >= 15 is 0 Å². The molecule has 0 saturated heterocycles. The van der Waals surface area contributed by atoms with Gasteiger partial charge in [0.25, 0.3) is 0 Å². The Morgan fingerprint density at radius 2 is 2.25 bits per heavy atom. The van der Waals surface area contributed by atoms with E-state index in [-0.39, 0.29) is 11.7 Å². The van der Waals surface area contributed by atoms with Gasteiger partial charge >= 0.3 is 5.97 Å². The Balaban J connectivity index is 2.42. The van der Waals surface area contributed by atoms with Crippen molar-refractivity contribution >= 4 is 5.97 Å². The average Bonchev–Trinajstić information content (AvgIpc) is 2.86. The van der Waals surface area contributed by atoms with Crippen LogP contribution in [0, 0.1) is 0 Å². The Morgan fingerprint density at radius 3 is 2.81 bits per heavy atom. The molecule has 84 valence electrons. The molecule has 0 saturated carbocycles. The zero-order valence-electron chi connectivity index (χ0n) is 9.01. The lowest BCUT2D eigenvalue weighted by atomic mass is 10.3. The maximum atomic E-state index is 10.7. The molecule has 0 fully saturated rings. The highest BCUT2D eigenvalue weighted by Crippen LogP contribution is 2.19. The summed E-state index contributed by atoms with van der Waals surface area (Å²) in [7, 11) is 0. The molecule has 2 rings (SSSR count). The Labute approximate surface area is 92.0 Å². The van der Waals surface area contributed by atoms with E-state index in [4.69, 9.17) is 5.11 Å². The quantitative estimate of drug-likeness (QED) is 0.822. The maximum absolute atomic E-state index is 10.7. The molecule has 0 aliphatic rings. The third-order valence-electron chi connectivity index (χ3n) is 2.27. The van der Waals surface area contributed by atoms with Gasteiger partial charge in [0.05, 0.1) is 18.7 Å². The van der Waals surface area contributed by atoms with Crippen molar-refractivity contribution in [1.82, 2.24) is 19.5 Å². The largest absolute Gasteiger partial charge is 0.477 e. The van der Waals surface area contributed by atoms with Crippen LogP contribution in [0.2, 0.25) is 0 Å². The van der Waals surface area contributed by atoms with Crippen LogP contribution < -0.4 is 0 Å². The molecule has 0 aliphatic heterocycles. The molecule has 0 spiro atoms. The van der Waals surface area contributed by atoms with Gasteiger partial charge < -0.3 is 14.7 Å². The molecule has 0 aromatic carbocycles. The van der Waals surface area contributed by atoms with Crippen LogP contribution in [0.1, 0.15) is 30.4 Å². The molecule has 6 heteroatoms. The highest BCUT2D eigenvalue weighted by atomic mass is 16.4. The number of rotatable bonds is 3. The van der Waals surface area contributed by atoms with Gasteiger partial charge in [0.2, 0.25) is 0 Å². The van der Waals surface area contributed by atoms with Gasteiger partial charge in [-0.05, 0) is 13.8 Å². The second-order valence-corrected chi connectivity index (χ2v) is 3.73. The smallest absolute Gasteiger partial charge is 0.353 e. The topological polar surface area (TPSA) is 83.8 Å². The minimum atomic E-state index is -1.02. The third-order valence-corrected chi connectivity index (χ3v) is 2.27. The molecule has 16 heavy (non-hydrogen) atoms. The summed E-state index contributed by atoms with van der Waals surface area (Å²) in [6.45, 7) is 4.04. The number of aromatic amines is 1. The second-order valence-electron chi connectivity index (χ2n) is 3.73. The fraction of sp³-hybridized carbons (Fsp3) is 0.300. The number of nitrogens with one attached hydrogen (secondary N) is 1. The lowest BCUT2D eigenvalue weighted by Crippen LogP contribution is -2.02. The van der Waals surface area contributed by atoms with Crippen molar-refractivity contribution in [3.05, 3.63) is 24.4 Å². The van der Waals surface area contributed by atoms with E-state index in [0.29, 0.717) is 5.82 Å². The van der Waals surface area contributed by atoms with Crippen molar-refractivity contribution in [2.45, 2.75) is 19.9 Å². The molecule has 2 aromatic heterocycles. The molecule has 0 bridgehead atoms. The minimum absolute atomic E-state index is 0.0755. The van der Waals surface area contributed by atoms with Crippen molar-refractivity contribution in [3.63, 3.8) is 0 Å². The van der Waals surface area contributed by atoms with Gasteiger partial charge in [0, 0.05) is 6.04 Å². The van der Waals surface area contributed by atoms with Crippen molar-refractivity contribution in [1.29, 1.82) is 0 Å². The van der Waals surface area contributed by atoms with Crippen molar-refractivity contribution in [3.8, 4) is 11.5 Å². The number of hydrogen-bond donors (Lipinski definition) is 2. The van der Waals surface area contributed by atoms with Gasteiger partial charge in [-0.3, -0.25) is 0 Å². The van der Waals surface area contributed by atoms with E-state index in [2.05, 4.69) is 15.0 Å². The Bertz CT molecular complexity index is 512. The molecular formula is C10H12N4O2. The summed E-state index contributed by atoms with van der Waals surface area (Å²) in [6.07, 6.45) is 4.66. The molecule has 0 radical (unpaired) electrons. The highest BCUT2D eigenvalue weighted by Gasteiger charge is 2.13. The van der Waals surface area contributed by atoms with Crippen LogP contribution >= 0.6 is 0 Å². The first-order chi connectivity index (χ1) is 7.59. The van der Waals surface area contributed by atoms with Crippen LogP contribution in [-0.4, -0.2) is 30.6 Å². The van der Waals surface area contributed by atoms with E-state index in [1.165, 1.54) is 6.20 Å². The zero-order valence-corrected chi connectivity index (χ0v) is 9.01. The molecule has 0 amide bonds. The summed E-state index contributed by atoms with van der Waals surface area (Å²) < 4.78 is 1.92. The second kappa shape index (κ2) is 3.80. The summed E-state index contributed by atoms with van der Waals surface area (Å²) in [6, 6.07) is 0.246. The van der Waals surface area contributed by atoms with Crippen molar-refractivity contribution in [2.24, 2.45) is 0 Å². The predicted molar refractivity (Wildman–Crippen MR) is 57.2 cm³/mol. The standard InChI is InChI=1S/C10H12N4O2/c1-6(2)14-5-11-4-8(14)9-12-3-7(13-9)10(15)16/h3-6H,1-2H3,(H,12,13)(H,15,16). The number of carboxylic acid groups (broad SMARTS) is 1. The maximum Gasteiger partial charge on any atom is 0.353 e. The van der Waals surface area contributed by atoms with E-state index in [0.717, 1.165) is 5.69 Å². The Kier molecular flexibility index (Phi) is 2.47. The third kappa shape index (κ3) is 1.69. The first kappa shape index (κ1) is 10.4. The average molecular weight is 220 g/mol. The summed E-state index contributed by atoms with van der Waals surface area (Å²) in [5.74, 6) is -0.502. The molecule has 2 heterocycles. The van der Waals surface area contributed by atoms with Gasteiger partial charge in [-0.2, -0.15) is 0 Å². The lowest BCUT2D eigenvalue weighted by Gasteiger charge is -2.09. The number of aromatic nitrogens is 4. The van der Waals surface area contributed by atoms with Crippen LogP contribution in [0.3, 0.4) is 0 Å². The summed E-state index contributed by atoms with van der Waals surface area (Å²) in [4.78, 5) is 21.5. The van der Waals surface area contributed by atoms with E-state index in [9.17, 15) is 4.79 Å². The molecule has 0 unspecified atom stereocenters. The number of carboxylic acids is 1. The molecule has 2 N–H and O–H groups in total. The molecule has 2 aromatic rings.